The number of hydrogen-bond donors (Lipinski definition) is 0. The molecule has 1 aromatic rings. The first-order valence-corrected chi connectivity index (χ1v) is 6.18. The number of rotatable bonds is 4. The molecule has 0 saturated carbocycles. The molecular weight excluding hydrogens is 233 g/mol. The van der Waals surface area contributed by atoms with Gasteiger partial charge in [-0.25, -0.2) is 4.39 Å². The average molecular weight is 251 g/mol. The van der Waals surface area contributed by atoms with Gasteiger partial charge >= 0.3 is 0 Å². The second kappa shape index (κ2) is 5.59. The van der Waals surface area contributed by atoms with Crippen molar-refractivity contribution in [3.05, 3.63) is 35.6 Å². The molecule has 0 aromatic heterocycles. The third-order valence-corrected chi connectivity index (χ3v) is 3.46. The third-order valence-electron chi connectivity index (χ3n) is 3.46. The van der Waals surface area contributed by atoms with Gasteiger partial charge in [0.2, 0.25) is 0 Å². The van der Waals surface area contributed by atoms with Gasteiger partial charge in [0.15, 0.2) is 5.78 Å². The normalized spacial score (nSPS) is 23.6. The van der Waals surface area contributed by atoms with Crippen molar-refractivity contribution < 1.29 is 13.9 Å². The Hall–Kier alpha value is -1.26. The van der Waals surface area contributed by atoms with Gasteiger partial charge in [-0.3, -0.25) is 9.69 Å². The molecule has 0 amide bonds. The van der Waals surface area contributed by atoms with Crippen molar-refractivity contribution in [3.63, 3.8) is 0 Å². The van der Waals surface area contributed by atoms with E-state index in [0.717, 1.165) is 13.0 Å². The van der Waals surface area contributed by atoms with Crippen molar-refractivity contribution >= 4 is 5.78 Å². The van der Waals surface area contributed by atoms with Gasteiger partial charge in [-0.05, 0) is 44.7 Å². The molecule has 2 unspecified atom stereocenters. The summed E-state index contributed by atoms with van der Waals surface area (Å²) in [4.78, 5) is 14.0. The zero-order chi connectivity index (χ0) is 13.1. The van der Waals surface area contributed by atoms with Crippen molar-refractivity contribution in [2.45, 2.75) is 25.5 Å². The van der Waals surface area contributed by atoms with Gasteiger partial charge in [-0.15, -0.1) is 0 Å². The summed E-state index contributed by atoms with van der Waals surface area (Å²) >= 11 is 0. The second-order valence-electron chi connectivity index (χ2n) is 4.78. The molecule has 3 nitrogen and oxygen atoms in total. The van der Waals surface area contributed by atoms with Crippen LogP contribution in [0.15, 0.2) is 24.3 Å². The van der Waals surface area contributed by atoms with Crippen LogP contribution >= 0.6 is 0 Å². The molecule has 4 heteroatoms. The molecular formula is C14H18FNO2. The van der Waals surface area contributed by atoms with E-state index in [0.29, 0.717) is 12.1 Å². The quantitative estimate of drug-likeness (QED) is 0.768. The zero-order valence-corrected chi connectivity index (χ0v) is 10.7. The van der Waals surface area contributed by atoms with E-state index in [1.807, 2.05) is 18.9 Å². The number of ketones is 1. The van der Waals surface area contributed by atoms with E-state index < -0.39 is 0 Å². The molecule has 1 heterocycles. The summed E-state index contributed by atoms with van der Waals surface area (Å²) in [6, 6.07) is 5.97. The number of carbonyl (C=O) groups is 1. The molecule has 1 aromatic carbocycles. The molecule has 1 aliphatic rings. The Bertz CT molecular complexity index is 418. The Morgan fingerprint density at radius 1 is 1.44 bits per heavy atom. The van der Waals surface area contributed by atoms with E-state index in [4.69, 9.17) is 4.74 Å². The fourth-order valence-corrected chi connectivity index (χ4v) is 2.37. The molecule has 2 rings (SSSR count). The minimum atomic E-state index is -0.322. The lowest BCUT2D eigenvalue weighted by Crippen LogP contribution is -2.39. The van der Waals surface area contributed by atoms with Crippen molar-refractivity contribution in [1.82, 2.24) is 4.90 Å². The fourth-order valence-electron chi connectivity index (χ4n) is 2.37. The van der Waals surface area contributed by atoms with Crippen LogP contribution in [0.5, 0.6) is 0 Å². The van der Waals surface area contributed by atoms with Crippen LogP contribution in [0.3, 0.4) is 0 Å². The van der Waals surface area contributed by atoms with E-state index in [2.05, 4.69) is 0 Å². The molecule has 0 spiro atoms. The van der Waals surface area contributed by atoms with Gasteiger partial charge in [-0.1, -0.05) is 0 Å². The Labute approximate surface area is 107 Å². The molecule has 98 valence electrons. The van der Waals surface area contributed by atoms with E-state index in [-0.39, 0.29) is 23.7 Å². The first-order valence-electron chi connectivity index (χ1n) is 6.18. The summed E-state index contributed by atoms with van der Waals surface area (Å²) < 4.78 is 18.3. The van der Waals surface area contributed by atoms with Crippen LogP contribution in [-0.2, 0) is 4.74 Å². The average Bonchev–Trinajstić information content (AvgIpc) is 2.76. The molecule has 0 N–H and O–H groups in total. The first kappa shape index (κ1) is 13.2. The van der Waals surface area contributed by atoms with E-state index in [1.54, 1.807) is 0 Å². The van der Waals surface area contributed by atoms with Gasteiger partial charge in [0.1, 0.15) is 5.82 Å². The molecule has 1 saturated heterocycles. The van der Waals surface area contributed by atoms with Gasteiger partial charge < -0.3 is 4.74 Å². The highest BCUT2D eigenvalue weighted by atomic mass is 19.1. The van der Waals surface area contributed by atoms with Gasteiger partial charge in [0.25, 0.3) is 0 Å². The largest absolute Gasteiger partial charge is 0.377 e. The Morgan fingerprint density at radius 3 is 2.67 bits per heavy atom. The number of ether oxygens (including phenoxy) is 1. The number of hydrogen-bond acceptors (Lipinski definition) is 3. The third kappa shape index (κ3) is 2.94. The molecule has 0 bridgehead atoms. The minimum absolute atomic E-state index is 0.0107. The van der Waals surface area contributed by atoms with Gasteiger partial charge in [0, 0.05) is 18.2 Å². The highest BCUT2D eigenvalue weighted by Crippen LogP contribution is 2.18. The molecule has 2 atom stereocenters. The van der Waals surface area contributed by atoms with Crippen LogP contribution in [0.2, 0.25) is 0 Å². The molecule has 18 heavy (non-hydrogen) atoms. The smallest absolute Gasteiger partial charge is 0.176 e. The lowest BCUT2D eigenvalue weighted by molar-refractivity contribution is 0.0745. The van der Waals surface area contributed by atoms with Crippen LogP contribution in [-0.4, -0.2) is 43.0 Å². The first-order chi connectivity index (χ1) is 8.58. The van der Waals surface area contributed by atoms with Crippen LogP contribution < -0.4 is 0 Å². The summed E-state index contributed by atoms with van der Waals surface area (Å²) in [5, 5.41) is 0. The Balaban J connectivity index is 1.96. The standard InChI is InChI=1S/C14H18FNO2/c1-10-13(7-8-18-10)16(2)9-14(17)11-3-5-12(15)6-4-11/h3-6,10,13H,7-9H2,1-2H3. The summed E-state index contributed by atoms with van der Waals surface area (Å²) in [5.74, 6) is -0.311. The topological polar surface area (TPSA) is 29.5 Å². The predicted molar refractivity (Wildman–Crippen MR) is 67.2 cm³/mol. The SMILES string of the molecule is CC1OCCC1N(C)CC(=O)c1ccc(F)cc1. The van der Waals surface area contributed by atoms with Crippen LogP contribution in [0.1, 0.15) is 23.7 Å². The Morgan fingerprint density at radius 2 is 2.11 bits per heavy atom. The number of nitrogens with zero attached hydrogens (tertiary/aromatic N) is 1. The minimum Gasteiger partial charge on any atom is -0.377 e. The summed E-state index contributed by atoms with van der Waals surface area (Å²) in [6.07, 6.45) is 1.12. The molecule has 0 aliphatic carbocycles. The van der Waals surface area contributed by atoms with E-state index >= 15 is 0 Å². The molecule has 1 fully saturated rings. The number of Topliss-reactive ketones (excluding diaryl/α,β-unsaturated/α-hetero) is 1. The van der Waals surface area contributed by atoms with Crippen molar-refractivity contribution in [2.24, 2.45) is 0 Å². The second-order valence-corrected chi connectivity index (χ2v) is 4.78. The maximum absolute atomic E-state index is 12.8. The molecule has 0 radical (unpaired) electrons. The lowest BCUT2D eigenvalue weighted by Gasteiger charge is -2.25. The lowest BCUT2D eigenvalue weighted by atomic mass is 10.1. The maximum atomic E-state index is 12.8. The maximum Gasteiger partial charge on any atom is 0.176 e. The summed E-state index contributed by atoms with van der Waals surface area (Å²) in [6.45, 7) is 3.11. The zero-order valence-electron chi connectivity index (χ0n) is 10.7. The molecule has 1 aliphatic heterocycles. The highest BCUT2D eigenvalue weighted by Gasteiger charge is 2.28. The van der Waals surface area contributed by atoms with Crippen molar-refractivity contribution in [1.29, 1.82) is 0 Å². The van der Waals surface area contributed by atoms with Gasteiger partial charge in [-0.2, -0.15) is 0 Å². The number of benzene rings is 1. The number of likely N-dealkylation sites (N-methyl/N-ethyl adjacent to an activating group) is 1. The van der Waals surface area contributed by atoms with Crippen molar-refractivity contribution in [2.75, 3.05) is 20.2 Å². The fraction of sp³-hybridized carbons (Fsp3) is 0.500. The monoisotopic (exact) mass is 251 g/mol. The van der Waals surface area contributed by atoms with Crippen LogP contribution in [0.4, 0.5) is 4.39 Å². The number of halogens is 1. The van der Waals surface area contributed by atoms with Crippen LogP contribution in [0, 0.1) is 5.82 Å². The summed E-state index contributed by atoms with van der Waals surface area (Å²) in [5.41, 5.74) is 0.551. The van der Waals surface area contributed by atoms with E-state index in [1.165, 1.54) is 24.3 Å². The summed E-state index contributed by atoms with van der Waals surface area (Å²) in [7, 11) is 1.93. The van der Waals surface area contributed by atoms with Crippen LogP contribution in [0.25, 0.3) is 0 Å². The number of carbonyl (C=O) groups excluding carboxylic acids is 1. The Kier molecular flexibility index (Phi) is 4.09. The van der Waals surface area contributed by atoms with Crippen molar-refractivity contribution in [3.8, 4) is 0 Å². The van der Waals surface area contributed by atoms with E-state index in [9.17, 15) is 9.18 Å². The predicted octanol–water partition coefficient (Wildman–Crippen LogP) is 2.12. The van der Waals surface area contributed by atoms with Gasteiger partial charge in [0.05, 0.1) is 12.6 Å². The highest BCUT2D eigenvalue weighted by molar-refractivity contribution is 5.97.